The molecule has 0 radical (unpaired) electrons. The molecule has 1 saturated heterocycles. The van der Waals surface area contributed by atoms with E-state index in [9.17, 15) is 14.9 Å². The quantitative estimate of drug-likeness (QED) is 0.475. The summed E-state index contributed by atoms with van der Waals surface area (Å²) in [5, 5.41) is 13.2. The average molecular weight is 309 g/mol. The summed E-state index contributed by atoms with van der Waals surface area (Å²) in [6.07, 6.45) is 4.52. The first-order chi connectivity index (χ1) is 10.6. The standard InChI is InChI=1S/C15H23N3O4/c1-12-5-4-10-17(11-12)9-3-2-8-16-15(19)13-6-7-14(22-13)18(20)21/h6-7,12H,2-5,8-11H2,1H3,(H,16,19)/t12-/m0/s1. The van der Waals surface area contributed by atoms with Gasteiger partial charge in [0.1, 0.15) is 4.92 Å². The van der Waals surface area contributed by atoms with Crippen molar-refractivity contribution >= 4 is 11.8 Å². The van der Waals surface area contributed by atoms with Crippen LogP contribution in [-0.2, 0) is 0 Å². The summed E-state index contributed by atoms with van der Waals surface area (Å²) in [6, 6.07) is 2.51. The average Bonchev–Trinajstić information content (AvgIpc) is 2.97. The highest BCUT2D eigenvalue weighted by molar-refractivity contribution is 5.91. The lowest BCUT2D eigenvalue weighted by Crippen LogP contribution is -2.35. The highest BCUT2D eigenvalue weighted by Crippen LogP contribution is 2.16. The van der Waals surface area contributed by atoms with Gasteiger partial charge in [0.25, 0.3) is 5.91 Å². The number of carbonyl (C=O) groups excluding carboxylic acids is 1. The number of hydrogen-bond acceptors (Lipinski definition) is 5. The number of likely N-dealkylation sites (tertiary alicyclic amines) is 1. The molecule has 0 unspecified atom stereocenters. The molecule has 2 rings (SSSR count). The molecule has 1 aliphatic heterocycles. The van der Waals surface area contributed by atoms with Gasteiger partial charge < -0.3 is 14.6 Å². The van der Waals surface area contributed by atoms with E-state index in [1.165, 1.54) is 38.1 Å². The number of nitrogens with zero attached hydrogens (tertiary/aromatic N) is 2. The maximum atomic E-state index is 11.8. The van der Waals surface area contributed by atoms with Crippen molar-refractivity contribution in [2.24, 2.45) is 5.92 Å². The zero-order valence-electron chi connectivity index (χ0n) is 12.9. The van der Waals surface area contributed by atoms with E-state index >= 15 is 0 Å². The topological polar surface area (TPSA) is 88.6 Å². The lowest BCUT2D eigenvalue weighted by atomic mass is 10.0. The number of furan rings is 1. The van der Waals surface area contributed by atoms with Crippen molar-refractivity contribution in [1.82, 2.24) is 10.2 Å². The molecule has 2 heterocycles. The first-order valence-electron chi connectivity index (χ1n) is 7.81. The summed E-state index contributed by atoms with van der Waals surface area (Å²) >= 11 is 0. The summed E-state index contributed by atoms with van der Waals surface area (Å²) < 4.78 is 4.85. The van der Waals surface area contributed by atoms with Gasteiger partial charge in [0, 0.05) is 13.1 Å². The summed E-state index contributed by atoms with van der Waals surface area (Å²) in [6.45, 7) is 6.24. The van der Waals surface area contributed by atoms with Gasteiger partial charge in [0.2, 0.25) is 0 Å². The summed E-state index contributed by atoms with van der Waals surface area (Å²) in [7, 11) is 0. The van der Waals surface area contributed by atoms with Gasteiger partial charge in [-0.15, -0.1) is 0 Å². The smallest absolute Gasteiger partial charge is 0.395 e. The van der Waals surface area contributed by atoms with Crippen LogP contribution in [0.1, 0.15) is 43.2 Å². The molecule has 0 aromatic carbocycles. The minimum absolute atomic E-state index is 0.0171. The molecule has 122 valence electrons. The Bertz CT molecular complexity index is 515. The maximum Gasteiger partial charge on any atom is 0.433 e. The van der Waals surface area contributed by atoms with Gasteiger partial charge in [-0.2, -0.15) is 0 Å². The largest absolute Gasteiger partial charge is 0.433 e. The van der Waals surface area contributed by atoms with Crippen molar-refractivity contribution in [2.75, 3.05) is 26.2 Å². The molecular formula is C15H23N3O4. The molecule has 7 nitrogen and oxygen atoms in total. The molecular weight excluding hydrogens is 286 g/mol. The highest BCUT2D eigenvalue weighted by Gasteiger charge is 2.17. The van der Waals surface area contributed by atoms with Crippen molar-refractivity contribution in [3.63, 3.8) is 0 Å². The van der Waals surface area contributed by atoms with E-state index in [-0.39, 0.29) is 5.76 Å². The summed E-state index contributed by atoms with van der Waals surface area (Å²) in [5.41, 5.74) is 0. The van der Waals surface area contributed by atoms with Gasteiger partial charge in [0.15, 0.2) is 5.76 Å². The van der Waals surface area contributed by atoms with Crippen LogP contribution in [0.4, 0.5) is 5.88 Å². The molecule has 0 bridgehead atoms. The van der Waals surface area contributed by atoms with Crippen LogP contribution in [0.5, 0.6) is 0 Å². The van der Waals surface area contributed by atoms with Crippen molar-refractivity contribution in [3.05, 3.63) is 28.0 Å². The fourth-order valence-electron chi connectivity index (χ4n) is 2.79. The second-order valence-electron chi connectivity index (χ2n) is 5.91. The maximum absolute atomic E-state index is 11.8. The van der Waals surface area contributed by atoms with E-state index in [0.29, 0.717) is 6.54 Å². The first-order valence-corrected chi connectivity index (χ1v) is 7.81. The monoisotopic (exact) mass is 309 g/mol. The molecule has 1 aliphatic rings. The van der Waals surface area contributed by atoms with E-state index in [2.05, 4.69) is 17.1 Å². The lowest BCUT2D eigenvalue weighted by molar-refractivity contribution is -0.402. The first kappa shape index (κ1) is 16.5. The predicted molar refractivity (Wildman–Crippen MR) is 81.8 cm³/mol. The third kappa shape index (κ3) is 4.84. The molecule has 0 saturated carbocycles. The highest BCUT2D eigenvalue weighted by atomic mass is 16.6. The fraction of sp³-hybridized carbons (Fsp3) is 0.667. The molecule has 1 amide bonds. The number of hydrogen-bond donors (Lipinski definition) is 1. The van der Waals surface area contributed by atoms with Gasteiger partial charge in [-0.25, -0.2) is 0 Å². The van der Waals surface area contributed by atoms with E-state index < -0.39 is 16.7 Å². The van der Waals surface area contributed by atoms with Crippen molar-refractivity contribution in [2.45, 2.75) is 32.6 Å². The predicted octanol–water partition coefficient (Wildman–Crippen LogP) is 2.43. The summed E-state index contributed by atoms with van der Waals surface area (Å²) in [5.74, 6) is -0.0520. The van der Waals surface area contributed by atoms with Crippen molar-refractivity contribution in [3.8, 4) is 0 Å². The lowest BCUT2D eigenvalue weighted by Gasteiger charge is -2.30. The van der Waals surface area contributed by atoms with Gasteiger partial charge >= 0.3 is 5.88 Å². The van der Waals surface area contributed by atoms with Crippen LogP contribution in [0.25, 0.3) is 0 Å². The minimum Gasteiger partial charge on any atom is -0.395 e. The van der Waals surface area contributed by atoms with E-state index in [0.717, 1.165) is 25.3 Å². The molecule has 1 fully saturated rings. The van der Waals surface area contributed by atoms with Crippen LogP contribution in [0.3, 0.4) is 0 Å². The summed E-state index contributed by atoms with van der Waals surface area (Å²) in [4.78, 5) is 24.1. The minimum atomic E-state index is -0.656. The Morgan fingerprint density at radius 3 is 3.00 bits per heavy atom. The van der Waals surface area contributed by atoms with E-state index in [1.54, 1.807) is 0 Å². The van der Waals surface area contributed by atoms with Crippen LogP contribution in [-0.4, -0.2) is 41.9 Å². The van der Waals surface area contributed by atoms with Gasteiger partial charge in [-0.05, 0) is 50.8 Å². The number of carbonyl (C=O) groups is 1. The number of unbranched alkanes of at least 4 members (excludes halogenated alkanes) is 1. The van der Waals surface area contributed by atoms with Crippen LogP contribution in [0.15, 0.2) is 16.5 Å². The number of nitrogens with one attached hydrogen (secondary N) is 1. The number of rotatable bonds is 7. The Hall–Kier alpha value is -1.89. The van der Waals surface area contributed by atoms with E-state index in [1.807, 2.05) is 0 Å². The number of piperidine rings is 1. The number of nitro groups is 1. The SMILES string of the molecule is C[C@H]1CCCN(CCCCNC(=O)c2ccc([N+](=O)[O-])o2)C1. The fourth-order valence-corrected chi connectivity index (χ4v) is 2.79. The van der Waals surface area contributed by atoms with Crippen LogP contribution in [0.2, 0.25) is 0 Å². The Morgan fingerprint density at radius 2 is 2.32 bits per heavy atom. The second-order valence-corrected chi connectivity index (χ2v) is 5.91. The molecule has 7 heteroatoms. The van der Waals surface area contributed by atoms with E-state index in [4.69, 9.17) is 4.42 Å². The normalized spacial score (nSPS) is 19.0. The molecule has 1 aromatic rings. The zero-order chi connectivity index (χ0) is 15.9. The molecule has 0 aliphatic carbocycles. The van der Waals surface area contributed by atoms with Gasteiger partial charge in [-0.1, -0.05) is 6.92 Å². The Balaban J connectivity index is 1.61. The van der Waals surface area contributed by atoms with Crippen LogP contribution in [0, 0.1) is 16.0 Å². The molecule has 22 heavy (non-hydrogen) atoms. The molecule has 0 spiro atoms. The van der Waals surface area contributed by atoms with Crippen LogP contribution >= 0.6 is 0 Å². The Kier molecular flexibility index (Phi) is 5.94. The third-order valence-corrected chi connectivity index (χ3v) is 3.92. The van der Waals surface area contributed by atoms with Crippen molar-refractivity contribution in [1.29, 1.82) is 0 Å². The Labute approximate surface area is 129 Å². The molecule has 1 atom stereocenters. The zero-order valence-corrected chi connectivity index (χ0v) is 12.9. The van der Waals surface area contributed by atoms with Gasteiger partial charge in [-0.3, -0.25) is 14.9 Å². The van der Waals surface area contributed by atoms with Gasteiger partial charge in [0.05, 0.1) is 6.07 Å². The number of amides is 1. The second kappa shape index (κ2) is 7.93. The third-order valence-electron chi connectivity index (χ3n) is 3.92. The van der Waals surface area contributed by atoms with Crippen LogP contribution < -0.4 is 5.32 Å². The molecule has 1 aromatic heterocycles. The van der Waals surface area contributed by atoms with Crippen molar-refractivity contribution < 1.29 is 14.1 Å². The molecule has 1 N–H and O–H groups in total. The Morgan fingerprint density at radius 1 is 1.50 bits per heavy atom.